The van der Waals surface area contributed by atoms with Gasteiger partial charge in [-0.05, 0) is 24.3 Å². The molecule has 4 nitrogen and oxygen atoms in total. The summed E-state index contributed by atoms with van der Waals surface area (Å²) >= 11 is 13.2. The summed E-state index contributed by atoms with van der Waals surface area (Å²) in [5.41, 5.74) is 0.650. The van der Waals surface area contributed by atoms with Crippen molar-refractivity contribution >= 4 is 45.4 Å². The van der Waals surface area contributed by atoms with Gasteiger partial charge in [0.15, 0.2) is 5.75 Å². The Morgan fingerprint density at radius 2 is 2.10 bits per heavy atom. The normalized spacial score (nSPS) is 10.9. The number of aliphatic hydroxyl groups is 1. The number of thiazole rings is 1. The summed E-state index contributed by atoms with van der Waals surface area (Å²) in [6.07, 6.45) is 1.67. The van der Waals surface area contributed by atoms with Crippen molar-refractivity contribution in [2.45, 2.75) is 6.61 Å². The fourth-order valence-electron chi connectivity index (χ4n) is 1.74. The highest BCUT2D eigenvalue weighted by Gasteiger charge is 2.13. The SMILES string of the molecule is OCc1sc(Oc2ccc(Cl)c3cccnc23)nc1Cl. The molecule has 0 aliphatic heterocycles. The van der Waals surface area contributed by atoms with Crippen LogP contribution in [0.1, 0.15) is 4.88 Å². The molecule has 0 amide bonds. The summed E-state index contributed by atoms with van der Waals surface area (Å²) < 4.78 is 5.70. The molecule has 1 aromatic carbocycles. The van der Waals surface area contributed by atoms with E-state index in [9.17, 15) is 0 Å². The van der Waals surface area contributed by atoms with Crippen LogP contribution < -0.4 is 4.74 Å². The molecule has 0 fully saturated rings. The lowest BCUT2D eigenvalue weighted by Gasteiger charge is -2.06. The van der Waals surface area contributed by atoms with E-state index < -0.39 is 0 Å². The van der Waals surface area contributed by atoms with Crippen molar-refractivity contribution in [1.82, 2.24) is 9.97 Å². The Labute approximate surface area is 128 Å². The molecule has 0 saturated heterocycles. The highest BCUT2D eigenvalue weighted by Crippen LogP contribution is 2.36. The van der Waals surface area contributed by atoms with Gasteiger partial charge in [-0.3, -0.25) is 4.98 Å². The number of aliphatic hydroxyl groups excluding tert-OH is 1. The van der Waals surface area contributed by atoms with E-state index >= 15 is 0 Å². The van der Waals surface area contributed by atoms with E-state index in [2.05, 4.69) is 9.97 Å². The number of fused-ring (bicyclic) bond motifs is 1. The van der Waals surface area contributed by atoms with Gasteiger partial charge in [-0.25, -0.2) is 0 Å². The van der Waals surface area contributed by atoms with Crippen molar-refractivity contribution in [2.75, 3.05) is 0 Å². The molecule has 0 aliphatic rings. The lowest BCUT2D eigenvalue weighted by molar-refractivity contribution is 0.285. The number of rotatable bonds is 3. The van der Waals surface area contributed by atoms with E-state index in [1.807, 2.05) is 12.1 Å². The second-order valence-electron chi connectivity index (χ2n) is 3.90. The second kappa shape index (κ2) is 5.54. The average molecular weight is 327 g/mol. The Morgan fingerprint density at radius 1 is 1.25 bits per heavy atom. The van der Waals surface area contributed by atoms with Crippen LogP contribution in [-0.2, 0) is 6.61 Å². The van der Waals surface area contributed by atoms with Crippen molar-refractivity contribution in [2.24, 2.45) is 0 Å². The first-order valence-corrected chi connectivity index (χ1v) is 7.23. The fourth-order valence-corrected chi connectivity index (χ4v) is 2.93. The first kappa shape index (κ1) is 13.6. The zero-order chi connectivity index (χ0) is 14.1. The third kappa shape index (κ3) is 2.45. The van der Waals surface area contributed by atoms with Gasteiger partial charge in [0.1, 0.15) is 10.7 Å². The van der Waals surface area contributed by atoms with Crippen molar-refractivity contribution in [3.63, 3.8) is 0 Å². The zero-order valence-electron chi connectivity index (χ0n) is 10.0. The third-order valence-electron chi connectivity index (χ3n) is 2.65. The Bertz CT molecular complexity index is 776. The molecule has 2 heterocycles. The molecule has 2 aromatic heterocycles. The maximum absolute atomic E-state index is 9.11. The standard InChI is InChI=1S/C13H8Cl2N2O2S/c14-8-3-4-9(11-7(8)2-1-5-16-11)19-13-17-12(15)10(6-18)20-13/h1-5,18H,6H2. The van der Waals surface area contributed by atoms with Gasteiger partial charge < -0.3 is 9.84 Å². The van der Waals surface area contributed by atoms with Crippen LogP contribution in [-0.4, -0.2) is 15.1 Å². The Kier molecular flexibility index (Phi) is 3.76. The highest BCUT2D eigenvalue weighted by molar-refractivity contribution is 7.13. The van der Waals surface area contributed by atoms with Crippen molar-refractivity contribution < 1.29 is 9.84 Å². The summed E-state index contributed by atoms with van der Waals surface area (Å²) in [6, 6.07) is 7.14. The largest absolute Gasteiger partial charge is 0.429 e. The van der Waals surface area contributed by atoms with Gasteiger partial charge in [0, 0.05) is 11.6 Å². The number of aromatic nitrogens is 2. The van der Waals surface area contributed by atoms with Crippen LogP contribution >= 0.6 is 34.5 Å². The number of halogens is 2. The highest BCUT2D eigenvalue weighted by atomic mass is 35.5. The van der Waals surface area contributed by atoms with Crippen LogP contribution in [0.3, 0.4) is 0 Å². The Balaban J connectivity index is 2.04. The third-order valence-corrected chi connectivity index (χ3v) is 4.32. The molecular weight excluding hydrogens is 319 g/mol. The predicted octanol–water partition coefficient (Wildman–Crippen LogP) is 4.28. The summed E-state index contributed by atoms with van der Waals surface area (Å²) in [7, 11) is 0. The minimum atomic E-state index is -0.167. The number of hydrogen-bond acceptors (Lipinski definition) is 5. The number of pyridine rings is 1. The number of ether oxygens (including phenoxy) is 1. The van der Waals surface area contributed by atoms with E-state index in [-0.39, 0.29) is 11.8 Å². The Hall–Kier alpha value is -1.40. The molecule has 0 radical (unpaired) electrons. The lowest BCUT2D eigenvalue weighted by Crippen LogP contribution is -1.87. The first-order chi connectivity index (χ1) is 9.69. The molecule has 0 atom stereocenters. The van der Waals surface area contributed by atoms with Crippen LogP contribution in [0, 0.1) is 0 Å². The summed E-state index contributed by atoms with van der Waals surface area (Å²) in [4.78, 5) is 8.88. The van der Waals surface area contributed by atoms with Crippen LogP contribution in [0.2, 0.25) is 10.2 Å². The molecule has 1 N–H and O–H groups in total. The first-order valence-electron chi connectivity index (χ1n) is 5.66. The molecule has 0 bridgehead atoms. The van der Waals surface area contributed by atoms with Gasteiger partial charge in [0.05, 0.1) is 16.5 Å². The molecule has 3 rings (SSSR count). The summed E-state index contributed by atoms with van der Waals surface area (Å²) in [6.45, 7) is -0.167. The molecule has 3 aromatic rings. The number of hydrogen-bond donors (Lipinski definition) is 1. The quantitative estimate of drug-likeness (QED) is 0.780. The van der Waals surface area contributed by atoms with Gasteiger partial charge in [-0.2, -0.15) is 4.98 Å². The summed E-state index contributed by atoms with van der Waals surface area (Å²) in [5, 5.41) is 11.1. The maximum atomic E-state index is 9.11. The topological polar surface area (TPSA) is 55.2 Å². The molecule has 7 heteroatoms. The van der Waals surface area contributed by atoms with Gasteiger partial charge >= 0.3 is 0 Å². The monoisotopic (exact) mass is 326 g/mol. The van der Waals surface area contributed by atoms with Crippen molar-refractivity contribution in [3.8, 4) is 10.9 Å². The second-order valence-corrected chi connectivity index (χ2v) is 5.71. The van der Waals surface area contributed by atoms with Gasteiger partial charge in [-0.15, -0.1) is 0 Å². The summed E-state index contributed by atoms with van der Waals surface area (Å²) in [5.74, 6) is 0.542. The molecule has 0 saturated carbocycles. The van der Waals surface area contributed by atoms with Crippen LogP contribution in [0.25, 0.3) is 10.9 Å². The van der Waals surface area contributed by atoms with E-state index in [4.69, 9.17) is 33.0 Å². The van der Waals surface area contributed by atoms with Gasteiger partial charge in [0.25, 0.3) is 5.19 Å². The minimum Gasteiger partial charge on any atom is -0.429 e. The molecule has 102 valence electrons. The van der Waals surface area contributed by atoms with Crippen molar-refractivity contribution in [1.29, 1.82) is 0 Å². The van der Waals surface area contributed by atoms with Crippen LogP contribution in [0.5, 0.6) is 10.9 Å². The average Bonchev–Trinajstić information content (AvgIpc) is 2.82. The predicted molar refractivity (Wildman–Crippen MR) is 79.9 cm³/mol. The number of nitrogens with zero attached hydrogens (tertiary/aromatic N) is 2. The molecular formula is C13H8Cl2N2O2S. The van der Waals surface area contributed by atoms with E-state index in [1.54, 1.807) is 18.3 Å². The minimum absolute atomic E-state index is 0.167. The van der Waals surface area contributed by atoms with Gasteiger partial charge in [0.2, 0.25) is 0 Å². The molecule has 0 spiro atoms. The van der Waals surface area contributed by atoms with Crippen LogP contribution in [0.15, 0.2) is 30.5 Å². The van der Waals surface area contributed by atoms with Crippen LogP contribution in [0.4, 0.5) is 0 Å². The molecule has 20 heavy (non-hydrogen) atoms. The Morgan fingerprint density at radius 3 is 2.85 bits per heavy atom. The lowest BCUT2D eigenvalue weighted by atomic mass is 10.2. The maximum Gasteiger partial charge on any atom is 0.280 e. The van der Waals surface area contributed by atoms with Gasteiger partial charge in [-0.1, -0.05) is 34.5 Å². The smallest absolute Gasteiger partial charge is 0.280 e. The van der Waals surface area contributed by atoms with E-state index in [0.717, 1.165) is 5.39 Å². The number of benzene rings is 1. The fraction of sp³-hybridized carbons (Fsp3) is 0.0769. The van der Waals surface area contributed by atoms with E-state index in [1.165, 1.54) is 11.3 Å². The van der Waals surface area contributed by atoms with E-state index in [0.29, 0.717) is 26.4 Å². The van der Waals surface area contributed by atoms with Crippen molar-refractivity contribution in [3.05, 3.63) is 45.5 Å². The molecule has 0 unspecified atom stereocenters. The molecule has 0 aliphatic carbocycles. The zero-order valence-corrected chi connectivity index (χ0v) is 12.3.